The molecule has 0 atom stereocenters. The largest absolute Gasteiger partial charge is 0.355 e. The molecule has 10 nitrogen and oxygen atoms in total. The summed E-state index contributed by atoms with van der Waals surface area (Å²) in [4.78, 5) is 21.1. The number of aromatic nitrogens is 3. The van der Waals surface area contributed by atoms with Crippen LogP contribution in [0.15, 0.2) is 52.9 Å². The SMILES string of the molecule is CN=C(NCCNS(=O)(=O)c1cccnc1)N1CCN(c2ncccn2)CC1. The highest BCUT2D eigenvalue weighted by molar-refractivity contribution is 7.89. The molecule has 0 spiro atoms. The number of rotatable bonds is 6. The third-order valence-corrected chi connectivity index (χ3v) is 5.72. The van der Waals surface area contributed by atoms with Crippen LogP contribution >= 0.6 is 0 Å². The molecule has 1 saturated heterocycles. The Morgan fingerprint density at radius 1 is 1.11 bits per heavy atom. The van der Waals surface area contributed by atoms with Gasteiger partial charge in [-0.1, -0.05) is 0 Å². The molecule has 11 heteroatoms. The normalized spacial score (nSPS) is 15.5. The Morgan fingerprint density at radius 3 is 2.50 bits per heavy atom. The third-order valence-electron chi connectivity index (χ3n) is 4.27. The molecule has 0 amide bonds. The molecule has 0 radical (unpaired) electrons. The average Bonchev–Trinajstić information content (AvgIpc) is 2.75. The first-order chi connectivity index (χ1) is 13.6. The molecule has 3 rings (SSSR count). The van der Waals surface area contributed by atoms with Crippen LogP contribution in [0.1, 0.15) is 0 Å². The van der Waals surface area contributed by atoms with Crippen LogP contribution in [0.4, 0.5) is 5.95 Å². The summed E-state index contributed by atoms with van der Waals surface area (Å²) in [5.74, 6) is 1.48. The number of nitrogens with one attached hydrogen (secondary N) is 2. The summed E-state index contributed by atoms with van der Waals surface area (Å²) in [7, 11) is -1.84. The molecular weight excluding hydrogens is 380 g/mol. The molecule has 0 saturated carbocycles. The number of hydrogen-bond donors (Lipinski definition) is 2. The fraction of sp³-hybridized carbons (Fsp3) is 0.412. The van der Waals surface area contributed by atoms with Gasteiger partial charge in [0, 0.05) is 71.1 Å². The van der Waals surface area contributed by atoms with Gasteiger partial charge in [0.25, 0.3) is 0 Å². The van der Waals surface area contributed by atoms with E-state index in [9.17, 15) is 8.42 Å². The lowest BCUT2D eigenvalue weighted by Crippen LogP contribution is -2.53. The van der Waals surface area contributed by atoms with Crippen molar-refractivity contribution in [2.24, 2.45) is 4.99 Å². The molecule has 0 bridgehead atoms. The minimum Gasteiger partial charge on any atom is -0.355 e. The number of anilines is 1. The summed E-state index contributed by atoms with van der Waals surface area (Å²) in [6.07, 6.45) is 6.34. The molecule has 150 valence electrons. The minimum absolute atomic E-state index is 0.152. The van der Waals surface area contributed by atoms with Crippen LogP contribution < -0.4 is 14.9 Å². The Labute approximate surface area is 164 Å². The molecule has 3 heterocycles. The van der Waals surface area contributed by atoms with Crippen LogP contribution in [0.5, 0.6) is 0 Å². The molecule has 2 aromatic rings. The second-order valence-electron chi connectivity index (χ2n) is 6.08. The van der Waals surface area contributed by atoms with Gasteiger partial charge in [0.15, 0.2) is 5.96 Å². The van der Waals surface area contributed by atoms with Gasteiger partial charge in [0.05, 0.1) is 0 Å². The number of nitrogens with zero attached hydrogens (tertiary/aromatic N) is 6. The molecule has 0 aromatic carbocycles. The summed E-state index contributed by atoms with van der Waals surface area (Å²) >= 11 is 0. The summed E-state index contributed by atoms with van der Waals surface area (Å²) in [6.45, 7) is 3.80. The Kier molecular flexibility index (Phi) is 6.71. The lowest BCUT2D eigenvalue weighted by Gasteiger charge is -2.36. The fourth-order valence-corrected chi connectivity index (χ4v) is 3.85. The fourth-order valence-electron chi connectivity index (χ4n) is 2.85. The molecular formula is C17H24N8O2S. The van der Waals surface area contributed by atoms with E-state index in [4.69, 9.17) is 0 Å². The molecule has 1 aliphatic heterocycles. The Bertz CT molecular complexity index is 869. The molecule has 2 N–H and O–H groups in total. The Balaban J connectivity index is 1.44. The highest BCUT2D eigenvalue weighted by Crippen LogP contribution is 2.09. The average molecular weight is 405 g/mol. The van der Waals surface area contributed by atoms with Crippen molar-refractivity contribution >= 4 is 21.9 Å². The zero-order valence-electron chi connectivity index (χ0n) is 15.7. The Hall–Kier alpha value is -2.79. The van der Waals surface area contributed by atoms with Crippen LogP contribution in [-0.4, -0.2) is 80.5 Å². The van der Waals surface area contributed by atoms with Crippen LogP contribution in [0.3, 0.4) is 0 Å². The van der Waals surface area contributed by atoms with E-state index in [-0.39, 0.29) is 11.4 Å². The standard InChI is InChI=1S/C17H24N8O2S/c1-18-16(22-8-9-23-28(26,27)15-4-2-5-19-14-15)24-10-12-25(13-11-24)17-20-6-3-7-21-17/h2-7,14,23H,8-13H2,1H3,(H,18,22). The van der Waals surface area contributed by atoms with Gasteiger partial charge in [-0.2, -0.15) is 0 Å². The smallest absolute Gasteiger partial charge is 0.242 e. The van der Waals surface area contributed by atoms with Crippen LogP contribution in [0, 0.1) is 0 Å². The van der Waals surface area contributed by atoms with Gasteiger partial charge < -0.3 is 15.1 Å². The van der Waals surface area contributed by atoms with Crippen molar-refractivity contribution in [3.05, 3.63) is 43.0 Å². The van der Waals surface area contributed by atoms with Gasteiger partial charge in [-0.3, -0.25) is 9.98 Å². The summed E-state index contributed by atoms with van der Waals surface area (Å²) in [6, 6.07) is 4.90. The first-order valence-electron chi connectivity index (χ1n) is 8.97. The van der Waals surface area contributed by atoms with E-state index < -0.39 is 10.0 Å². The maximum atomic E-state index is 12.2. The van der Waals surface area contributed by atoms with E-state index in [1.54, 1.807) is 31.6 Å². The number of sulfonamides is 1. The molecule has 1 aliphatic rings. The van der Waals surface area contributed by atoms with E-state index in [2.05, 4.69) is 39.8 Å². The van der Waals surface area contributed by atoms with E-state index >= 15 is 0 Å². The second-order valence-corrected chi connectivity index (χ2v) is 7.85. The predicted octanol–water partition coefficient (Wildman–Crippen LogP) is -0.452. The maximum Gasteiger partial charge on any atom is 0.242 e. The topological polar surface area (TPSA) is 116 Å². The van der Waals surface area contributed by atoms with Gasteiger partial charge in [-0.15, -0.1) is 0 Å². The monoisotopic (exact) mass is 404 g/mol. The van der Waals surface area contributed by atoms with E-state index in [0.717, 1.165) is 38.1 Å². The first-order valence-corrected chi connectivity index (χ1v) is 10.5. The minimum atomic E-state index is -3.55. The van der Waals surface area contributed by atoms with Crippen molar-refractivity contribution in [1.82, 2.24) is 29.9 Å². The van der Waals surface area contributed by atoms with E-state index in [1.807, 2.05) is 0 Å². The van der Waals surface area contributed by atoms with Crippen molar-refractivity contribution in [3.63, 3.8) is 0 Å². The lowest BCUT2D eigenvalue weighted by atomic mass is 10.3. The second kappa shape index (κ2) is 9.42. The number of pyridine rings is 1. The van der Waals surface area contributed by atoms with Crippen LogP contribution in [-0.2, 0) is 10.0 Å². The van der Waals surface area contributed by atoms with Gasteiger partial charge in [0.1, 0.15) is 4.90 Å². The van der Waals surface area contributed by atoms with Crippen molar-refractivity contribution in [2.45, 2.75) is 4.90 Å². The van der Waals surface area contributed by atoms with Crippen LogP contribution in [0.25, 0.3) is 0 Å². The third kappa shape index (κ3) is 5.14. The predicted molar refractivity (Wildman–Crippen MR) is 107 cm³/mol. The maximum absolute atomic E-state index is 12.2. The van der Waals surface area contributed by atoms with Gasteiger partial charge in [-0.05, 0) is 18.2 Å². The highest BCUT2D eigenvalue weighted by atomic mass is 32.2. The summed E-state index contributed by atoms with van der Waals surface area (Å²) < 4.78 is 26.9. The molecule has 2 aromatic heterocycles. The molecule has 0 aliphatic carbocycles. The molecule has 0 unspecified atom stereocenters. The van der Waals surface area contributed by atoms with Gasteiger partial charge in [0.2, 0.25) is 16.0 Å². The number of hydrogen-bond acceptors (Lipinski definition) is 7. The van der Waals surface area contributed by atoms with E-state index in [1.165, 1.54) is 18.5 Å². The van der Waals surface area contributed by atoms with Crippen molar-refractivity contribution < 1.29 is 8.42 Å². The van der Waals surface area contributed by atoms with Crippen molar-refractivity contribution in [2.75, 3.05) is 51.2 Å². The summed E-state index contributed by atoms with van der Waals surface area (Å²) in [5, 5.41) is 3.20. The number of piperazine rings is 1. The first kappa shape index (κ1) is 20.0. The summed E-state index contributed by atoms with van der Waals surface area (Å²) in [5.41, 5.74) is 0. The van der Waals surface area contributed by atoms with E-state index in [0.29, 0.717) is 6.54 Å². The zero-order chi connectivity index (χ0) is 19.8. The van der Waals surface area contributed by atoms with Gasteiger partial charge in [-0.25, -0.2) is 23.1 Å². The Morgan fingerprint density at radius 2 is 1.86 bits per heavy atom. The zero-order valence-corrected chi connectivity index (χ0v) is 16.5. The number of guanidine groups is 1. The molecule has 1 fully saturated rings. The van der Waals surface area contributed by atoms with Crippen LogP contribution in [0.2, 0.25) is 0 Å². The van der Waals surface area contributed by atoms with Crippen molar-refractivity contribution in [3.8, 4) is 0 Å². The quantitative estimate of drug-likeness (QED) is 0.378. The number of aliphatic imine (C=N–C) groups is 1. The lowest BCUT2D eigenvalue weighted by molar-refractivity contribution is 0.370. The van der Waals surface area contributed by atoms with Crippen molar-refractivity contribution in [1.29, 1.82) is 0 Å². The highest BCUT2D eigenvalue weighted by Gasteiger charge is 2.21. The van der Waals surface area contributed by atoms with Gasteiger partial charge >= 0.3 is 0 Å². The molecule has 28 heavy (non-hydrogen) atoms.